The Balaban J connectivity index is 2.08. The van der Waals surface area contributed by atoms with Gasteiger partial charge in [-0.3, -0.25) is 4.79 Å². The fraction of sp³-hybridized carbons (Fsp3) is 0.318. The van der Waals surface area contributed by atoms with Crippen molar-refractivity contribution in [1.82, 2.24) is 9.80 Å². The molecule has 0 saturated heterocycles. The van der Waals surface area contributed by atoms with E-state index < -0.39 is 18.0 Å². The first-order chi connectivity index (χ1) is 14.3. The highest BCUT2D eigenvalue weighted by atomic mass is 35.5. The zero-order valence-corrected chi connectivity index (χ0v) is 18.0. The Morgan fingerprint density at radius 3 is 2.13 bits per heavy atom. The van der Waals surface area contributed by atoms with Gasteiger partial charge >= 0.3 is 12.0 Å². The molecule has 8 heteroatoms. The maximum atomic E-state index is 13.0. The van der Waals surface area contributed by atoms with E-state index in [-0.39, 0.29) is 11.5 Å². The fourth-order valence-electron chi connectivity index (χ4n) is 3.12. The summed E-state index contributed by atoms with van der Waals surface area (Å²) in [5, 5.41) is 12.3. The normalized spacial score (nSPS) is 11.5. The molecular weight excluding hydrogens is 406 g/mol. The number of carboxylic acid groups (broad SMARTS) is 1. The van der Waals surface area contributed by atoms with Crippen LogP contribution in [0.3, 0.4) is 0 Å². The number of nitrogens with zero attached hydrogens (tertiary/aromatic N) is 2. The molecular formula is C22H26ClN3O4. The van der Waals surface area contributed by atoms with Crippen LogP contribution < -0.4 is 5.32 Å². The SMILES string of the molecule is CC[C@H](C(=O)N(C)Cc1ccc(Cl)cc1)N(CC)C(=O)Nc1ccc(C(=O)O)cc1. The van der Waals surface area contributed by atoms with Gasteiger partial charge in [0, 0.05) is 30.8 Å². The number of carbonyl (C=O) groups excluding carboxylic acids is 2. The van der Waals surface area contributed by atoms with Gasteiger partial charge in [0.2, 0.25) is 5.91 Å². The maximum absolute atomic E-state index is 13.0. The molecule has 7 nitrogen and oxygen atoms in total. The van der Waals surface area contributed by atoms with Gasteiger partial charge in [-0.2, -0.15) is 0 Å². The van der Waals surface area contributed by atoms with Gasteiger partial charge in [0.1, 0.15) is 6.04 Å². The number of benzene rings is 2. The van der Waals surface area contributed by atoms with Gasteiger partial charge in [-0.05, 0) is 55.3 Å². The Hall–Kier alpha value is -3.06. The molecule has 1 atom stereocenters. The summed E-state index contributed by atoms with van der Waals surface area (Å²) in [6.45, 7) is 4.42. The van der Waals surface area contributed by atoms with Crippen molar-refractivity contribution < 1.29 is 19.5 Å². The molecule has 0 spiro atoms. The number of amides is 3. The minimum absolute atomic E-state index is 0.130. The number of hydrogen-bond acceptors (Lipinski definition) is 3. The van der Waals surface area contributed by atoms with Crippen molar-refractivity contribution in [3.05, 3.63) is 64.7 Å². The van der Waals surface area contributed by atoms with Gasteiger partial charge in [-0.15, -0.1) is 0 Å². The average molecular weight is 432 g/mol. The molecule has 2 aromatic rings. The highest BCUT2D eigenvalue weighted by Crippen LogP contribution is 2.16. The monoisotopic (exact) mass is 431 g/mol. The van der Waals surface area contributed by atoms with Gasteiger partial charge in [0.05, 0.1) is 5.56 Å². The van der Waals surface area contributed by atoms with Crippen LogP contribution in [0.5, 0.6) is 0 Å². The van der Waals surface area contributed by atoms with Crippen LogP contribution in [0.1, 0.15) is 36.2 Å². The van der Waals surface area contributed by atoms with E-state index in [9.17, 15) is 14.4 Å². The Morgan fingerprint density at radius 1 is 1.03 bits per heavy atom. The molecule has 0 aliphatic carbocycles. The predicted octanol–water partition coefficient (Wildman–Crippen LogP) is 4.33. The van der Waals surface area contributed by atoms with Crippen molar-refractivity contribution in [2.45, 2.75) is 32.9 Å². The Kier molecular flexibility index (Phi) is 8.24. The number of nitrogens with one attached hydrogen (secondary N) is 1. The van der Waals surface area contributed by atoms with Crippen LogP contribution in [0.4, 0.5) is 10.5 Å². The van der Waals surface area contributed by atoms with Crippen LogP contribution in [0.25, 0.3) is 0 Å². The number of rotatable bonds is 8. The first-order valence-electron chi connectivity index (χ1n) is 9.67. The number of likely N-dealkylation sites (N-methyl/N-ethyl adjacent to an activating group) is 2. The highest BCUT2D eigenvalue weighted by Gasteiger charge is 2.29. The molecule has 0 fully saturated rings. The molecule has 0 bridgehead atoms. The lowest BCUT2D eigenvalue weighted by Crippen LogP contribution is -2.50. The second-order valence-corrected chi connectivity index (χ2v) is 7.28. The van der Waals surface area contributed by atoms with Crippen molar-refractivity contribution in [2.24, 2.45) is 0 Å². The van der Waals surface area contributed by atoms with Crippen molar-refractivity contribution in [3.63, 3.8) is 0 Å². The van der Waals surface area contributed by atoms with Crippen molar-refractivity contribution in [2.75, 3.05) is 18.9 Å². The van der Waals surface area contributed by atoms with Crippen molar-refractivity contribution in [3.8, 4) is 0 Å². The second kappa shape index (κ2) is 10.6. The Morgan fingerprint density at radius 2 is 1.63 bits per heavy atom. The number of carbonyl (C=O) groups is 3. The molecule has 0 aromatic heterocycles. The molecule has 0 saturated carbocycles. The van der Waals surface area contributed by atoms with E-state index in [4.69, 9.17) is 16.7 Å². The van der Waals surface area contributed by atoms with Crippen molar-refractivity contribution in [1.29, 1.82) is 0 Å². The molecule has 3 amide bonds. The molecule has 2 rings (SSSR count). The predicted molar refractivity (Wildman–Crippen MR) is 117 cm³/mol. The number of halogens is 1. The van der Waals surface area contributed by atoms with E-state index >= 15 is 0 Å². The van der Waals surface area contributed by atoms with Gasteiger partial charge in [-0.1, -0.05) is 30.7 Å². The molecule has 2 N–H and O–H groups in total. The van der Waals surface area contributed by atoms with Crippen molar-refractivity contribution >= 4 is 35.2 Å². The first-order valence-corrected chi connectivity index (χ1v) is 10.0. The molecule has 0 aliphatic heterocycles. The van der Waals surface area contributed by atoms with Gasteiger partial charge < -0.3 is 20.2 Å². The van der Waals surface area contributed by atoms with E-state index in [0.717, 1.165) is 5.56 Å². The summed E-state index contributed by atoms with van der Waals surface area (Å²) >= 11 is 5.91. The first kappa shape index (κ1) is 23.2. The topological polar surface area (TPSA) is 90.0 Å². The molecule has 30 heavy (non-hydrogen) atoms. The largest absolute Gasteiger partial charge is 0.478 e. The fourth-order valence-corrected chi connectivity index (χ4v) is 3.25. The average Bonchev–Trinajstić information content (AvgIpc) is 2.73. The summed E-state index contributed by atoms with van der Waals surface area (Å²) in [6, 6.07) is 12.1. The smallest absolute Gasteiger partial charge is 0.335 e. The zero-order chi connectivity index (χ0) is 22.3. The van der Waals surface area contributed by atoms with Gasteiger partial charge in [0.25, 0.3) is 0 Å². The maximum Gasteiger partial charge on any atom is 0.335 e. The Bertz CT molecular complexity index is 884. The summed E-state index contributed by atoms with van der Waals surface area (Å²) in [4.78, 5) is 39.9. The molecule has 0 aliphatic rings. The highest BCUT2D eigenvalue weighted by molar-refractivity contribution is 6.30. The zero-order valence-electron chi connectivity index (χ0n) is 17.3. The molecule has 0 unspecified atom stereocenters. The summed E-state index contributed by atoms with van der Waals surface area (Å²) in [6.07, 6.45) is 0.461. The quantitative estimate of drug-likeness (QED) is 0.650. The summed E-state index contributed by atoms with van der Waals surface area (Å²) in [5.74, 6) is -1.20. The molecule has 2 aromatic carbocycles. The van der Waals surface area contributed by atoms with Crippen LogP contribution >= 0.6 is 11.6 Å². The minimum atomic E-state index is -1.04. The third-order valence-electron chi connectivity index (χ3n) is 4.74. The van der Waals surface area contributed by atoms with Gasteiger partial charge in [0.15, 0.2) is 0 Å². The van der Waals surface area contributed by atoms with Gasteiger partial charge in [-0.25, -0.2) is 9.59 Å². The van der Waals surface area contributed by atoms with Crippen LogP contribution in [-0.4, -0.2) is 52.4 Å². The summed E-state index contributed by atoms with van der Waals surface area (Å²) in [5.41, 5.74) is 1.53. The van der Waals surface area contributed by atoms with Crippen LogP contribution in [-0.2, 0) is 11.3 Å². The third kappa shape index (κ3) is 5.97. The molecule has 0 heterocycles. The van der Waals surface area contributed by atoms with E-state index in [1.165, 1.54) is 29.2 Å². The number of aromatic carboxylic acids is 1. The minimum Gasteiger partial charge on any atom is -0.478 e. The summed E-state index contributed by atoms with van der Waals surface area (Å²) in [7, 11) is 1.70. The number of anilines is 1. The van der Waals surface area contributed by atoms with E-state index in [2.05, 4.69) is 5.32 Å². The van der Waals surface area contributed by atoms with Crippen LogP contribution in [0, 0.1) is 0 Å². The Labute approximate surface area is 181 Å². The lowest BCUT2D eigenvalue weighted by Gasteiger charge is -2.32. The van der Waals surface area contributed by atoms with Crippen LogP contribution in [0.2, 0.25) is 5.02 Å². The van der Waals surface area contributed by atoms with E-state index in [0.29, 0.717) is 30.2 Å². The lowest BCUT2D eigenvalue weighted by molar-refractivity contribution is -0.135. The number of hydrogen-bond donors (Lipinski definition) is 2. The van der Waals surface area contributed by atoms with Crippen LogP contribution in [0.15, 0.2) is 48.5 Å². The van der Waals surface area contributed by atoms with E-state index in [1.54, 1.807) is 24.1 Å². The number of carboxylic acids is 1. The third-order valence-corrected chi connectivity index (χ3v) is 4.99. The molecule has 0 radical (unpaired) electrons. The second-order valence-electron chi connectivity index (χ2n) is 6.84. The summed E-state index contributed by atoms with van der Waals surface area (Å²) < 4.78 is 0. The molecule has 160 valence electrons. The number of urea groups is 1. The van der Waals surface area contributed by atoms with E-state index in [1.807, 2.05) is 26.0 Å². The lowest BCUT2D eigenvalue weighted by atomic mass is 10.1. The standard InChI is InChI=1S/C22H26ClN3O4/c1-4-19(20(27)25(3)14-15-6-10-17(23)11-7-15)26(5-2)22(30)24-18-12-8-16(9-13-18)21(28)29/h6-13,19H,4-5,14H2,1-3H3,(H,24,30)(H,28,29)/t19-/m1/s1.